The van der Waals surface area contributed by atoms with Crippen LogP contribution >= 0.6 is 0 Å². The van der Waals surface area contributed by atoms with Crippen LogP contribution in [0.1, 0.15) is 60.8 Å². The summed E-state index contributed by atoms with van der Waals surface area (Å²) in [6, 6.07) is 0. The summed E-state index contributed by atoms with van der Waals surface area (Å²) in [5, 5.41) is 7.77. The largest absolute Gasteiger partial charge is 1.00 e. The first-order valence-electron chi connectivity index (χ1n) is 11.6. The second-order valence-electron chi connectivity index (χ2n) is 10.6. The Balaban J connectivity index is 0. The van der Waals surface area contributed by atoms with Crippen molar-refractivity contribution in [3.63, 3.8) is 0 Å². The van der Waals surface area contributed by atoms with Crippen molar-refractivity contribution < 1.29 is 53.7 Å². The lowest BCUT2D eigenvalue weighted by molar-refractivity contribution is -0.909. The molecule has 0 aromatic carbocycles. The summed E-state index contributed by atoms with van der Waals surface area (Å²) >= 11 is 0. The highest BCUT2D eigenvalue weighted by Crippen LogP contribution is 2.21. The molecule has 0 bridgehead atoms. The molecule has 0 fully saturated rings. The summed E-state index contributed by atoms with van der Waals surface area (Å²) in [5.41, 5.74) is -2.11. The molecule has 0 aliphatic rings. The maximum absolute atomic E-state index is 12.6. The van der Waals surface area contributed by atoms with Gasteiger partial charge in [-0.25, -0.2) is 9.59 Å². The molecule has 0 aromatic heterocycles. The quantitative estimate of drug-likeness (QED) is 0.227. The number of amides is 2. The van der Waals surface area contributed by atoms with Crippen LogP contribution in [0, 0.1) is 0 Å². The highest BCUT2D eigenvalue weighted by Gasteiger charge is 2.32. The third-order valence-corrected chi connectivity index (χ3v) is 4.64. The van der Waals surface area contributed by atoms with Crippen LogP contribution in [0.2, 0.25) is 0 Å². The molecule has 35 heavy (non-hydrogen) atoms. The minimum absolute atomic E-state index is 0. The van der Waals surface area contributed by atoms with Crippen molar-refractivity contribution in [3.8, 4) is 0 Å². The van der Waals surface area contributed by atoms with Crippen LogP contribution < -0.4 is 32.9 Å². The highest BCUT2D eigenvalue weighted by molar-refractivity contribution is 5.67. The predicted octanol–water partition coefficient (Wildman–Crippen LogP) is 1.32. The van der Waals surface area contributed by atoms with Gasteiger partial charge in [-0.1, -0.05) is 6.58 Å². The fourth-order valence-electron chi connectivity index (χ4n) is 3.07. The summed E-state index contributed by atoms with van der Waals surface area (Å²) < 4.78 is 48.8. The lowest BCUT2D eigenvalue weighted by atomic mass is 10.2. The number of halogens is 4. The standard InChI is InChI=1S/C23H43F3N4O4.BrH/c1-18(23(24,25)26)27-12-9-15-30(8,16-10-13-28-19(31)33-21(2,3)4)17-11-14-29-20(32)34-22(5,6)7;/h27H,1,9-17H2,2-8H3,(H-,28,29,31,32);1H. The van der Waals surface area contributed by atoms with Crippen molar-refractivity contribution in [2.45, 2.75) is 78.2 Å². The second-order valence-corrected chi connectivity index (χ2v) is 10.6. The number of nitrogens with one attached hydrogen (secondary N) is 3. The minimum Gasteiger partial charge on any atom is -1.00 e. The third-order valence-electron chi connectivity index (χ3n) is 4.64. The van der Waals surface area contributed by atoms with Crippen molar-refractivity contribution in [1.82, 2.24) is 16.0 Å². The Morgan fingerprint density at radius 3 is 1.34 bits per heavy atom. The first-order valence-corrected chi connectivity index (χ1v) is 11.6. The average Bonchev–Trinajstić information content (AvgIpc) is 2.62. The van der Waals surface area contributed by atoms with E-state index in [-0.39, 0.29) is 23.5 Å². The lowest BCUT2D eigenvalue weighted by Gasteiger charge is -2.35. The van der Waals surface area contributed by atoms with Crippen molar-refractivity contribution in [2.75, 3.05) is 46.3 Å². The number of alkyl carbamates (subject to hydrolysis) is 2. The second kappa shape index (κ2) is 15.4. The Bertz CT molecular complexity index is 627. The topological polar surface area (TPSA) is 88.7 Å². The van der Waals surface area contributed by atoms with Gasteiger partial charge in [0.2, 0.25) is 0 Å². The fraction of sp³-hybridized carbons (Fsp3) is 0.826. The van der Waals surface area contributed by atoms with Gasteiger partial charge in [-0.3, -0.25) is 0 Å². The number of nitrogens with zero attached hydrogens (tertiary/aromatic N) is 1. The first-order chi connectivity index (χ1) is 15.3. The smallest absolute Gasteiger partial charge is 0.430 e. The Morgan fingerprint density at radius 2 is 1.06 bits per heavy atom. The molecule has 8 nitrogen and oxygen atoms in total. The normalized spacial score (nSPS) is 12.3. The summed E-state index contributed by atoms with van der Waals surface area (Å²) in [7, 11) is 2.01. The molecule has 2 amide bonds. The van der Waals surface area contributed by atoms with Gasteiger partial charge in [-0.15, -0.1) is 0 Å². The number of rotatable bonds is 13. The summed E-state index contributed by atoms with van der Waals surface area (Å²) in [6.45, 7) is 16.7. The molecule has 0 aliphatic heterocycles. The number of carbonyl (C=O) groups excluding carboxylic acids is 2. The van der Waals surface area contributed by atoms with E-state index in [1.54, 1.807) is 41.5 Å². The zero-order chi connectivity index (χ0) is 26.6. The number of quaternary nitrogens is 1. The van der Waals surface area contributed by atoms with Gasteiger partial charge >= 0.3 is 18.4 Å². The van der Waals surface area contributed by atoms with Gasteiger partial charge < -0.3 is 46.9 Å². The van der Waals surface area contributed by atoms with Crippen LogP contribution in [0.4, 0.5) is 22.8 Å². The van der Waals surface area contributed by atoms with Crippen LogP contribution in [0.5, 0.6) is 0 Å². The number of alkyl halides is 3. The molecule has 208 valence electrons. The molecule has 0 heterocycles. The van der Waals surface area contributed by atoms with E-state index in [1.165, 1.54) is 0 Å². The molecule has 0 spiro atoms. The molecule has 0 atom stereocenters. The molecular formula is C23H44BrF3N4O4. The van der Waals surface area contributed by atoms with Gasteiger partial charge in [-0.2, -0.15) is 13.2 Å². The van der Waals surface area contributed by atoms with E-state index in [4.69, 9.17) is 9.47 Å². The lowest BCUT2D eigenvalue weighted by Crippen LogP contribution is -3.00. The number of hydrogen-bond acceptors (Lipinski definition) is 5. The van der Waals surface area contributed by atoms with Crippen LogP contribution in [-0.2, 0) is 9.47 Å². The SMILES string of the molecule is C=C(NCCC[N+](C)(CCCNC(=O)OC(C)(C)C)CCCNC(=O)OC(C)(C)C)C(F)(F)F.[Br-]. The number of ether oxygens (including phenoxy) is 2. The molecule has 0 rings (SSSR count). The maximum atomic E-state index is 12.6. The van der Waals surface area contributed by atoms with E-state index in [2.05, 4.69) is 22.5 Å². The highest BCUT2D eigenvalue weighted by atomic mass is 79.9. The molecule has 0 aliphatic carbocycles. The van der Waals surface area contributed by atoms with Gasteiger partial charge in [0.15, 0.2) is 0 Å². The van der Waals surface area contributed by atoms with Crippen molar-refractivity contribution in [2.24, 2.45) is 0 Å². The molecule has 0 aromatic rings. The molecule has 0 saturated heterocycles. The van der Waals surface area contributed by atoms with Gasteiger partial charge in [0, 0.05) is 38.9 Å². The number of allylic oxidation sites excluding steroid dienone is 1. The van der Waals surface area contributed by atoms with Crippen LogP contribution in [-0.4, -0.2) is 80.4 Å². The predicted molar refractivity (Wildman–Crippen MR) is 126 cm³/mol. The van der Waals surface area contributed by atoms with Crippen molar-refractivity contribution in [3.05, 3.63) is 12.3 Å². The van der Waals surface area contributed by atoms with E-state index in [0.717, 1.165) is 0 Å². The van der Waals surface area contributed by atoms with E-state index in [0.29, 0.717) is 56.5 Å². The molecule has 12 heteroatoms. The van der Waals surface area contributed by atoms with Crippen LogP contribution in [0.15, 0.2) is 12.3 Å². The molecule has 0 unspecified atom stereocenters. The van der Waals surface area contributed by atoms with Gasteiger partial charge in [0.25, 0.3) is 0 Å². The third kappa shape index (κ3) is 20.2. The van der Waals surface area contributed by atoms with E-state index in [1.807, 2.05) is 7.05 Å². The number of carbonyl (C=O) groups is 2. The van der Waals surface area contributed by atoms with Crippen molar-refractivity contribution in [1.29, 1.82) is 0 Å². The van der Waals surface area contributed by atoms with Crippen molar-refractivity contribution >= 4 is 12.2 Å². The maximum Gasteiger partial charge on any atom is 0.430 e. The van der Waals surface area contributed by atoms with Crippen LogP contribution in [0.3, 0.4) is 0 Å². The van der Waals surface area contributed by atoms with Gasteiger partial charge in [0.1, 0.15) is 16.9 Å². The summed E-state index contributed by atoms with van der Waals surface area (Å²) in [5.74, 6) is 0. The average molecular weight is 578 g/mol. The Hall–Kier alpha value is -1.69. The Morgan fingerprint density at radius 1 is 0.743 bits per heavy atom. The van der Waals surface area contributed by atoms with E-state index in [9.17, 15) is 22.8 Å². The number of hydrogen-bond donors (Lipinski definition) is 3. The zero-order valence-electron chi connectivity index (χ0n) is 22.2. The monoisotopic (exact) mass is 576 g/mol. The molecule has 3 N–H and O–H groups in total. The Kier molecular flexibility index (Phi) is 15.6. The summed E-state index contributed by atoms with van der Waals surface area (Å²) in [4.78, 5) is 23.6. The summed E-state index contributed by atoms with van der Waals surface area (Å²) in [6.07, 6.45) is -3.60. The zero-order valence-corrected chi connectivity index (χ0v) is 23.7. The first kappa shape index (κ1) is 35.5. The Labute approximate surface area is 218 Å². The van der Waals surface area contributed by atoms with Gasteiger partial charge in [0.05, 0.1) is 26.7 Å². The van der Waals surface area contributed by atoms with E-state index < -0.39 is 35.3 Å². The molecule has 0 saturated carbocycles. The minimum atomic E-state index is -4.46. The molecular weight excluding hydrogens is 533 g/mol. The van der Waals surface area contributed by atoms with Crippen LogP contribution in [0.25, 0.3) is 0 Å². The molecule has 0 radical (unpaired) electrons. The fourth-order valence-corrected chi connectivity index (χ4v) is 3.07. The van der Waals surface area contributed by atoms with E-state index >= 15 is 0 Å². The van der Waals surface area contributed by atoms with Gasteiger partial charge in [-0.05, 0) is 41.5 Å².